The first-order chi connectivity index (χ1) is 14.8. The molecule has 2 N–H and O–H groups in total. The van der Waals surface area contributed by atoms with E-state index in [4.69, 9.17) is 10.00 Å². The lowest BCUT2D eigenvalue weighted by molar-refractivity contribution is -0.189. The van der Waals surface area contributed by atoms with Gasteiger partial charge in [-0.2, -0.15) is 18.4 Å². The summed E-state index contributed by atoms with van der Waals surface area (Å²) in [6.07, 6.45) is -7.25. The second kappa shape index (κ2) is 9.47. The molecule has 2 aromatic carbocycles. The van der Waals surface area contributed by atoms with Crippen LogP contribution in [0.4, 0.5) is 27.6 Å². The minimum atomic E-state index is -4.83. The lowest BCUT2D eigenvalue weighted by Gasteiger charge is -2.20. The highest BCUT2D eigenvalue weighted by molar-refractivity contribution is 6.11. The smallest absolute Gasteiger partial charge is 0.425 e. The van der Waals surface area contributed by atoms with Crippen LogP contribution in [0.25, 0.3) is 0 Å². The molecule has 1 amide bonds. The van der Waals surface area contributed by atoms with Crippen LogP contribution in [0.5, 0.6) is 5.75 Å². The van der Waals surface area contributed by atoms with E-state index in [1.807, 2.05) is 5.32 Å². The number of ketones is 1. The van der Waals surface area contributed by atoms with Crippen molar-refractivity contribution in [1.29, 1.82) is 5.26 Å². The van der Waals surface area contributed by atoms with Crippen molar-refractivity contribution in [2.45, 2.75) is 26.1 Å². The number of amides is 1. The molecule has 0 unspecified atom stereocenters. The molecule has 6 nitrogen and oxygen atoms in total. The summed E-state index contributed by atoms with van der Waals surface area (Å²) < 4.78 is 71.5. The molecule has 0 saturated heterocycles. The Kier molecular flexibility index (Phi) is 7.20. The van der Waals surface area contributed by atoms with Gasteiger partial charge in [0.05, 0.1) is 11.3 Å². The molecule has 32 heavy (non-hydrogen) atoms. The molecule has 0 bridgehead atoms. The second-order valence-electron chi connectivity index (χ2n) is 6.49. The largest absolute Gasteiger partial charge is 0.511 e. The van der Waals surface area contributed by atoms with Crippen molar-refractivity contribution < 1.29 is 41.4 Å². The minimum Gasteiger partial charge on any atom is -0.511 e. The molecule has 168 valence electrons. The van der Waals surface area contributed by atoms with Gasteiger partial charge in [0.25, 0.3) is 5.91 Å². The number of ether oxygens (including phenoxy) is 1. The Balaban J connectivity index is 2.56. The number of nitriles is 1. The van der Waals surface area contributed by atoms with Crippen molar-refractivity contribution in [3.8, 4) is 11.8 Å². The third-order valence-electron chi connectivity index (χ3n) is 4.13. The summed E-state index contributed by atoms with van der Waals surface area (Å²) in [7, 11) is 0. The van der Waals surface area contributed by atoms with Crippen LogP contribution < -0.4 is 10.1 Å². The number of aliphatic hydroxyl groups is 1. The number of halogens is 5. The molecule has 0 spiro atoms. The number of carbonyl (C=O) groups excluding carboxylic acids is 2. The van der Waals surface area contributed by atoms with Crippen LogP contribution in [0.2, 0.25) is 0 Å². The first-order valence-electron chi connectivity index (χ1n) is 8.83. The molecule has 0 fully saturated rings. The molecule has 11 heteroatoms. The topological polar surface area (TPSA) is 99.4 Å². The van der Waals surface area contributed by atoms with Crippen LogP contribution in [0, 0.1) is 23.0 Å². The Morgan fingerprint density at radius 3 is 2.25 bits per heavy atom. The fourth-order valence-electron chi connectivity index (χ4n) is 2.42. The standard InChI is InChI=1S/C21H15F5N2O4/c1-10(29)15(9-27)20(31)28-17-8-18(32-11(2)21(24,25)26)14(7-16(17)23)19(30)12-3-5-13(22)6-4-12/h3-8,11,29H,1-2H3,(H,28,31)/b15-10-/t11-/m0/s1. The molecule has 0 aliphatic heterocycles. The number of nitrogens with one attached hydrogen (secondary N) is 1. The number of hydrogen-bond acceptors (Lipinski definition) is 5. The molecule has 2 aromatic rings. The van der Waals surface area contributed by atoms with E-state index >= 15 is 0 Å². The Bertz CT molecular complexity index is 1110. The summed E-state index contributed by atoms with van der Waals surface area (Å²) in [5, 5.41) is 20.2. The molecule has 2 rings (SSSR count). The highest BCUT2D eigenvalue weighted by atomic mass is 19.4. The van der Waals surface area contributed by atoms with Gasteiger partial charge in [0.2, 0.25) is 0 Å². The maximum atomic E-state index is 14.6. The first-order valence-corrected chi connectivity index (χ1v) is 8.83. The maximum Gasteiger partial charge on any atom is 0.425 e. The highest BCUT2D eigenvalue weighted by Gasteiger charge is 2.39. The van der Waals surface area contributed by atoms with Gasteiger partial charge < -0.3 is 15.2 Å². The molecule has 0 radical (unpaired) electrons. The van der Waals surface area contributed by atoms with Gasteiger partial charge in [-0.15, -0.1) is 0 Å². The van der Waals surface area contributed by atoms with Crippen molar-refractivity contribution in [3.63, 3.8) is 0 Å². The number of alkyl halides is 3. The molecule has 0 saturated carbocycles. The van der Waals surface area contributed by atoms with E-state index in [0.717, 1.165) is 31.2 Å². The number of hydrogen-bond donors (Lipinski definition) is 2. The maximum absolute atomic E-state index is 14.6. The molecular weight excluding hydrogens is 439 g/mol. The van der Waals surface area contributed by atoms with E-state index in [9.17, 15) is 36.6 Å². The first kappa shape index (κ1) is 24.3. The van der Waals surface area contributed by atoms with Crippen molar-refractivity contribution >= 4 is 17.4 Å². The van der Waals surface area contributed by atoms with E-state index < -0.39 is 63.9 Å². The Labute approximate surface area is 178 Å². The predicted octanol–water partition coefficient (Wildman–Crippen LogP) is 4.82. The van der Waals surface area contributed by atoms with Gasteiger partial charge in [-0.05, 0) is 44.2 Å². The molecule has 0 aliphatic rings. The van der Waals surface area contributed by atoms with Gasteiger partial charge in [-0.25, -0.2) is 8.78 Å². The fourth-order valence-corrected chi connectivity index (χ4v) is 2.42. The van der Waals surface area contributed by atoms with Gasteiger partial charge in [-0.3, -0.25) is 9.59 Å². The lowest BCUT2D eigenvalue weighted by Crippen LogP contribution is -2.31. The number of aliphatic hydroxyl groups excluding tert-OH is 1. The van der Waals surface area contributed by atoms with Crippen LogP contribution in [0.1, 0.15) is 29.8 Å². The monoisotopic (exact) mass is 454 g/mol. The average molecular weight is 454 g/mol. The van der Waals surface area contributed by atoms with Crippen LogP contribution in [-0.2, 0) is 4.79 Å². The van der Waals surface area contributed by atoms with Crippen molar-refractivity contribution in [3.05, 3.63) is 70.5 Å². The van der Waals surface area contributed by atoms with Crippen LogP contribution in [0.3, 0.4) is 0 Å². The summed E-state index contributed by atoms with van der Waals surface area (Å²) in [6.45, 7) is 1.68. The van der Waals surface area contributed by atoms with Gasteiger partial charge in [0, 0.05) is 11.6 Å². The third kappa shape index (κ3) is 5.60. The van der Waals surface area contributed by atoms with Crippen molar-refractivity contribution in [2.75, 3.05) is 5.32 Å². The number of nitrogens with zero attached hydrogens (tertiary/aromatic N) is 1. The summed E-state index contributed by atoms with van der Waals surface area (Å²) in [5.74, 6) is -5.49. The Morgan fingerprint density at radius 1 is 1.16 bits per heavy atom. The van der Waals surface area contributed by atoms with Gasteiger partial charge in [-0.1, -0.05) is 0 Å². The summed E-state index contributed by atoms with van der Waals surface area (Å²) >= 11 is 0. The number of rotatable bonds is 6. The summed E-state index contributed by atoms with van der Waals surface area (Å²) in [4.78, 5) is 24.8. The molecule has 1 atom stereocenters. The fraction of sp³-hybridized carbons (Fsp3) is 0.190. The van der Waals surface area contributed by atoms with Gasteiger partial charge >= 0.3 is 6.18 Å². The molecule has 0 heterocycles. The predicted molar refractivity (Wildman–Crippen MR) is 102 cm³/mol. The van der Waals surface area contributed by atoms with E-state index in [1.54, 1.807) is 0 Å². The van der Waals surface area contributed by atoms with E-state index in [1.165, 1.54) is 6.07 Å². The van der Waals surface area contributed by atoms with E-state index in [-0.39, 0.29) is 5.56 Å². The number of carbonyl (C=O) groups is 2. The molecular formula is C21H15F5N2O4. The molecule has 0 aliphatic carbocycles. The third-order valence-corrected chi connectivity index (χ3v) is 4.13. The lowest BCUT2D eigenvalue weighted by atomic mass is 10.0. The normalized spacial score (nSPS) is 12.9. The summed E-state index contributed by atoms with van der Waals surface area (Å²) in [5.41, 5.74) is -2.23. The van der Waals surface area contributed by atoms with Crippen LogP contribution >= 0.6 is 0 Å². The number of allylic oxidation sites excluding steroid dienone is 1. The number of anilines is 1. The number of benzene rings is 2. The molecule has 0 aromatic heterocycles. The van der Waals surface area contributed by atoms with E-state index in [0.29, 0.717) is 19.1 Å². The zero-order chi connectivity index (χ0) is 24.2. The van der Waals surface area contributed by atoms with Crippen LogP contribution in [-0.4, -0.2) is 29.1 Å². The second-order valence-corrected chi connectivity index (χ2v) is 6.49. The van der Waals surface area contributed by atoms with E-state index in [2.05, 4.69) is 0 Å². The van der Waals surface area contributed by atoms with Crippen LogP contribution in [0.15, 0.2) is 47.7 Å². The van der Waals surface area contributed by atoms with Crippen molar-refractivity contribution in [2.24, 2.45) is 0 Å². The van der Waals surface area contributed by atoms with Gasteiger partial charge in [0.1, 0.15) is 29.2 Å². The zero-order valence-corrected chi connectivity index (χ0v) is 16.6. The van der Waals surface area contributed by atoms with Crippen molar-refractivity contribution in [1.82, 2.24) is 0 Å². The highest BCUT2D eigenvalue weighted by Crippen LogP contribution is 2.33. The quantitative estimate of drug-likeness (QED) is 0.214. The average Bonchev–Trinajstić information content (AvgIpc) is 2.69. The summed E-state index contributed by atoms with van der Waals surface area (Å²) in [6, 6.07) is 6.56. The minimum absolute atomic E-state index is 0.155. The zero-order valence-electron chi connectivity index (χ0n) is 16.6. The van der Waals surface area contributed by atoms with Gasteiger partial charge in [0.15, 0.2) is 17.5 Å². The SMILES string of the molecule is C/C(O)=C(\C#N)C(=O)Nc1cc(O[C@@H](C)C(F)(F)F)c(C(=O)c2ccc(F)cc2)cc1F. The Hall–Kier alpha value is -3.94. The Morgan fingerprint density at radius 2 is 1.75 bits per heavy atom.